The summed E-state index contributed by atoms with van der Waals surface area (Å²) in [6.07, 6.45) is 0. The summed E-state index contributed by atoms with van der Waals surface area (Å²) >= 11 is 6.09. The Hall–Kier alpha value is -1.05. The van der Waals surface area contributed by atoms with Crippen LogP contribution in [0.25, 0.3) is 10.8 Å². The van der Waals surface area contributed by atoms with Gasteiger partial charge >= 0.3 is 0 Å². The van der Waals surface area contributed by atoms with E-state index in [2.05, 4.69) is 12.1 Å². The molecule has 0 bridgehead atoms. The fourth-order valence-corrected chi connectivity index (χ4v) is 1.77. The van der Waals surface area contributed by atoms with Crippen LogP contribution in [-0.4, -0.2) is 0 Å². The van der Waals surface area contributed by atoms with E-state index in [4.69, 9.17) is 17.3 Å². The quantitative estimate of drug-likeness (QED) is 0.758. The minimum Gasteiger partial charge on any atom is -0.324 e. The maximum absolute atomic E-state index is 6.09. The Balaban J connectivity index is 2.70. The van der Waals surface area contributed by atoms with Gasteiger partial charge in [0, 0.05) is 16.5 Å². The Bertz CT molecular complexity index is 463. The Kier molecular flexibility index (Phi) is 2.44. The zero-order valence-corrected chi connectivity index (χ0v) is 8.75. The van der Waals surface area contributed by atoms with Crippen molar-refractivity contribution in [1.29, 1.82) is 0 Å². The molecule has 0 amide bonds. The number of hydrogen-bond donors (Lipinski definition) is 1. The minimum absolute atomic E-state index is 0.0515. The highest BCUT2D eigenvalue weighted by Gasteiger charge is 2.02. The third-order valence-corrected chi connectivity index (χ3v) is 2.71. The molecule has 14 heavy (non-hydrogen) atoms. The molecular formula is C12H12ClN. The van der Waals surface area contributed by atoms with Crippen LogP contribution in [0.3, 0.4) is 0 Å². The monoisotopic (exact) mass is 205 g/mol. The molecule has 0 fully saturated rings. The number of hydrogen-bond acceptors (Lipinski definition) is 1. The molecule has 0 radical (unpaired) electrons. The first-order valence-corrected chi connectivity index (χ1v) is 5.00. The molecule has 2 heteroatoms. The van der Waals surface area contributed by atoms with Gasteiger partial charge in [-0.3, -0.25) is 0 Å². The van der Waals surface area contributed by atoms with Crippen molar-refractivity contribution in [3.8, 4) is 0 Å². The van der Waals surface area contributed by atoms with Crippen LogP contribution in [0.5, 0.6) is 0 Å². The van der Waals surface area contributed by atoms with Gasteiger partial charge in [0.1, 0.15) is 0 Å². The van der Waals surface area contributed by atoms with Gasteiger partial charge in [-0.1, -0.05) is 35.9 Å². The fourth-order valence-electron chi connectivity index (χ4n) is 1.54. The minimum atomic E-state index is 0.0515. The second kappa shape index (κ2) is 3.60. The van der Waals surface area contributed by atoms with E-state index in [0.717, 1.165) is 21.4 Å². The first-order valence-electron chi connectivity index (χ1n) is 4.62. The summed E-state index contributed by atoms with van der Waals surface area (Å²) in [5.41, 5.74) is 6.93. The lowest BCUT2D eigenvalue weighted by Crippen LogP contribution is -2.04. The van der Waals surface area contributed by atoms with E-state index in [0.29, 0.717) is 0 Å². The smallest absolute Gasteiger partial charge is 0.0484 e. The summed E-state index contributed by atoms with van der Waals surface area (Å²) in [6, 6.07) is 12.1. The van der Waals surface area contributed by atoms with Gasteiger partial charge in [0.05, 0.1) is 0 Å². The Labute approximate surface area is 88.5 Å². The van der Waals surface area contributed by atoms with Crippen LogP contribution in [0.15, 0.2) is 36.4 Å². The Morgan fingerprint density at radius 2 is 2.00 bits per heavy atom. The SMILES string of the molecule is CC(N)c1ccc2cccc(Cl)c2c1. The number of rotatable bonds is 1. The van der Waals surface area contributed by atoms with Crippen LogP contribution < -0.4 is 5.73 Å². The number of fused-ring (bicyclic) bond motifs is 1. The zero-order valence-electron chi connectivity index (χ0n) is 8.00. The van der Waals surface area contributed by atoms with Gasteiger partial charge in [0.15, 0.2) is 0 Å². The van der Waals surface area contributed by atoms with Crippen molar-refractivity contribution >= 4 is 22.4 Å². The van der Waals surface area contributed by atoms with Crippen LogP contribution in [0.1, 0.15) is 18.5 Å². The lowest BCUT2D eigenvalue weighted by molar-refractivity contribution is 0.820. The van der Waals surface area contributed by atoms with Crippen LogP contribution in [0.4, 0.5) is 0 Å². The molecule has 1 unspecified atom stereocenters. The summed E-state index contributed by atoms with van der Waals surface area (Å²) in [5.74, 6) is 0. The van der Waals surface area contributed by atoms with Crippen molar-refractivity contribution in [1.82, 2.24) is 0 Å². The van der Waals surface area contributed by atoms with E-state index < -0.39 is 0 Å². The molecule has 2 aromatic rings. The molecule has 2 rings (SSSR count). The third-order valence-electron chi connectivity index (χ3n) is 2.38. The molecule has 0 aliphatic rings. The standard InChI is InChI=1S/C12H12ClN/c1-8(14)10-6-5-9-3-2-4-12(13)11(9)7-10/h2-8H,14H2,1H3. The van der Waals surface area contributed by atoms with Gasteiger partial charge in [-0.2, -0.15) is 0 Å². The molecule has 2 N–H and O–H groups in total. The molecule has 2 aromatic carbocycles. The fraction of sp³-hybridized carbons (Fsp3) is 0.167. The summed E-state index contributed by atoms with van der Waals surface area (Å²) in [4.78, 5) is 0. The maximum atomic E-state index is 6.09. The normalized spacial score (nSPS) is 13.1. The molecule has 0 aliphatic carbocycles. The average Bonchev–Trinajstić information content (AvgIpc) is 2.18. The second-order valence-electron chi connectivity index (χ2n) is 3.51. The van der Waals surface area contributed by atoms with Gasteiger partial charge in [-0.15, -0.1) is 0 Å². The molecule has 0 aliphatic heterocycles. The van der Waals surface area contributed by atoms with Gasteiger partial charge in [0.25, 0.3) is 0 Å². The molecule has 0 saturated carbocycles. The van der Waals surface area contributed by atoms with Crippen molar-refractivity contribution in [2.75, 3.05) is 0 Å². The largest absolute Gasteiger partial charge is 0.324 e. The summed E-state index contributed by atoms with van der Waals surface area (Å²) in [6.45, 7) is 1.97. The summed E-state index contributed by atoms with van der Waals surface area (Å²) in [5, 5.41) is 3.01. The van der Waals surface area contributed by atoms with Gasteiger partial charge in [-0.05, 0) is 30.0 Å². The molecule has 1 atom stereocenters. The van der Waals surface area contributed by atoms with Crippen LogP contribution in [-0.2, 0) is 0 Å². The van der Waals surface area contributed by atoms with Crippen LogP contribution >= 0.6 is 11.6 Å². The van der Waals surface area contributed by atoms with Crippen molar-refractivity contribution in [2.45, 2.75) is 13.0 Å². The molecule has 0 heterocycles. The molecule has 0 spiro atoms. The summed E-state index contributed by atoms with van der Waals surface area (Å²) < 4.78 is 0. The van der Waals surface area contributed by atoms with E-state index in [9.17, 15) is 0 Å². The Morgan fingerprint density at radius 1 is 1.21 bits per heavy atom. The maximum Gasteiger partial charge on any atom is 0.0484 e. The van der Waals surface area contributed by atoms with Crippen molar-refractivity contribution < 1.29 is 0 Å². The van der Waals surface area contributed by atoms with E-state index in [1.54, 1.807) is 0 Å². The number of nitrogens with two attached hydrogens (primary N) is 1. The highest BCUT2D eigenvalue weighted by molar-refractivity contribution is 6.35. The molecule has 1 nitrogen and oxygen atoms in total. The van der Waals surface area contributed by atoms with Crippen molar-refractivity contribution in [3.05, 3.63) is 47.0 Å². The first kappa shape index (κ1) is 9.50. The van der Waals surface area contributed by atoms with Gasteiger partial charge in [0.2, 0.25) is 0 Å². The summed E-state index contributed by atoms with van der Waals surface area (Å²) in [7, 11) is 0. The molecule has 72 valence electrons. The van der Waals surface area contributed by atoms with Crippen molar-refractivity contribution in [2.24, 2.45) is 5.73 Å². The lowest BCUT2D eigenvalue weighted by atomic mass is 10.0. The third kappa shape index (κ3) is 1.61. The molecule has 0 saturated heterocycles. The van der Waals surface area contributed by atoms with Gasteiger partial charge in [-0.25, -0.2) is 0 Å². The van der Waals surface area contributed by atoms with Crippen LogP contribution in [0, 0.1) is 0 Å². The topological polar surface area (TPSA) is 26.0 Å². The van der Waals surface area contributed by atoms with Crippen molar-refractivity contribution in [3.63, 3.8) is 0 Å². The van der Waals surface area contributed by atoms with Gasteiger partial charge < -0.3 is 5.73 Å². The Morgan fingerprint density at radius 3 is 2.71 bits per heavy atom. The first-order chi connectivity index (χ1) is 6.68. The average molecular weight is 206 g/mol. The highest BCUT2D eigenvalue weighted by atomic mass is 35.5. The lowest BCUT2D eigenvalue weighted by Gasteiger charge is -2.07. The predicted molar refractivity (Wildman–Crippen MR) is 61.6 cm³/mol. The number of benzene rings is 2. The van der Waals surface area contributed by atoms with E-state index >= 15 is 0 Å². The van der Waals surface area contributed by atoms with E-state index in [-0.39, 0.29) is 6.04 Å². The highest BCUT2D eigenvalue weighted by Crippen LogP contribution is 2.25. The number of halogens is 1. The molecular weight excluding hydrogens is 194 g/mol. The second-order valence-corrected chi connectivity index (χ2v) is 3.92. The van der Waals surface area contributed by atoms with E-state index in [1.807, 2.05) is 31.2 Å². The molecule has 0 aromatic heterocycles. The zero-order chi connectivity index (χ0) is 10.1. The van der Waals surface area contributed by atoms with Crippen LogP contribution in [0.2, 0.25) is 5.02 Å². The van der Waals surface area contributed by atoms with E-state index in [1.165, 1.54) is 0 Å². The predicted octanol–water partition coefficient (Wildman–Crippen LogP) is 3.51.